The number of hydrogen-bond acceptors (Lipinski definition) is 8. The number of nitrogen functional groups attached to an aromatic ring is 1. The summed E-state index contributed by atoms with van der Waals surface area (Å²) in [5.41, 5.74) is 11.7. The van der Waals surface area contributed by atoms with Crippen molar-refractivity contribution in [2.75, 3.05) is 18.8 Å². The van der Waals surface area contributed by atoms with Crippen molar-refractivity contribution < 1.29 is 13.9 Å². The number of ether oxygens (including phenoxy) is 1. The SMILES string of the molecule is Cc1ccnc(Oc2ccc(-c3c(C4=CCC5(CC4)CCN(C=CC=O)CC5)n(C)c4ncnc(N)c34)cc2F)n1. The Morgan fingerprint density at radius 3 is 2.66 bits per heavy atom. The zero-order valence-corrected chi connectivity index (χ0v) is 23.2. The van der Waals surface area contributed by atoms with Gasteiger partial charge in [0, 0.05) is 43.8 Å². The summed E-state index contributed by atoms with van der Waals surface area (Å²) >= 11 is 0. The summed E-state index contributed by atoms with van der Waals surface area (Å²) < 4.78 is 23.2. The first kappa shape index (κ1) is 26.6. The number of nitrogens with zero attached hydrogens (tertiary/aromatic N) is 6. The van der Waals surface area contributed by atoms with E-state index in [2.05, 4.69) is 30.9 Å². The molecular weight excluding hydrogens is 521 g/mol. The number of aromatic nitrogens is 5. The number of carbonyl (C=O) groups excluding carboxylic acids is 1. The average Bonchev–Trinajstić information content (AvgIpc) is 3.28. The number of fused-ring (bicyclic) bond motifs is 1. The molecule has 10 heteroatoms. The molecule has 3 aromatic heterocycles. The maximum atomic E-state index is 15.5. The molecule has 9 nitrogen and oxygen atoms in total. The molecule has 1 aliphatic heterocycles. The zero-order valence-electron chi connectivity index (χ0n) is 23.2. The maximum Gasteiger partial charge on any atom is 0.322 e. The molecule has 0 bridgehead atoms. The van der Waals surface area contributed by atoms with Gasteiger partial charge in [-0.2, -0.15) is 0 Å². The Balaban J connectivity index is 1.36. The first-order valence-corrected chi connectivity index (χ1v) is 13.8. The van der Waals surface area contributed by atoms with Gasteiger partial charge >= 0.3 is 6.01 Å². The Bertz CT molecular complexity index is 1690. The number of aldehydes is 1. The third-order valence-electron chi connectivity index (χ3n) is 8.44. The molecule has 1 aromatic carbocycles. The van der Waals surface area contributed by atoms with Crippen molar-refractivity contribution in [2.24, 2.45) is 12.5 Å². The fraction of sp³-hybridized carbons (Fsp3) is 0.323. The Morgan fingerprint density at radius 2 is 1.95 bits per heavy atom. The number of halogens is 1. The van der Waals surface area contributed by atoms with Crippen LogP contribution in [0.15, 0.2) is 55.1 Å². The van der Waals surface area contributed by atoms with Crippen molar-refractivity contribution in [2.45, 2.75) is 39.0 Å². The number of nitrogens with two attached hydrogens (primary N) is 1. The lowest BCUT2D eigenvalue weighted by Gasteiger charge is -2.43. The quantitative estimate of drug-likeness (QED) is 0.242. The second kappa shape index (κ2) is 10.8. The van der Waals surface area contributed by atoms with Crippen LogP contribution in [0.25, 0.3) is 27.7 Å². The highest BCUT2D eigenvalue weighted by molar-refractivity contribution is 6.06. The molecule has 41 heavy (non-hydrogen) atoms. The van der Waals surface area contributed by atoms with E-state index < -0.39 is 5.82 Å². The Kier molecular flexibility index (Phi) is 6.98. The minimum Gasteiger partial charge on any atom is -0.421 e. The summed E-state index contributed by atoms with van der Waals surface area (Å²) in [5.74, 6) is -0.138. The van der Waals surface area contributed by atoms with Crippen LogP contribution < -0.4 is 10.5 Å². The van der Waals surface area contributed by atoms with Crippen molar-refractivity contribution in [3.63, 3.8) is 0 Å². The standard InChI is InChI=1S/C31H32FN7O2/c1-20-8-13-34-30(37-20)41-24-5-4-22(18-23(24)32)25-26-28(33)35-19-36-29(26)38(2)27(25)21-6-9-31(10-7-21)11-15-39(16-12-31)14-3-17-40/h3-6,8,13-14,17-19H,7,9-12,15-16H2,1-2H3,(H2,33,35,36). The molecule has 1 aliphatic carbocycles. The number of aryl methyl sites for hydroxylation is 2. The average molecular weight is 554 g/mol. The van der Waals surface area contributed by atoms with Gasteiger partial charge < -0.3 is 19.9 Å². The number of allylic oxidation sites excluding steroid dienone is 3. The van der Waals surface area contributed by atoms with Crippen molar-refractivity contribution in [1.29, 1.82) is 0 Å². The van der Waals surface area contributed by atoms with Crippen LogP contribution in [0.1, 0.15) is 43.5 Å². The highest BCUT2D eigenvalue weighted by Crippen LogP contribution is 2.49. The molecule has 6 rings (SSSR count). The molecule has 0 radical (unpaired) electrons. The number of carbonyl (C=O) groups is 1. The maximum absolute atomic E-state index is 15.5. The van der Waals surface area contributed by atoms with Gasteiger partial charge in [0.05, 0.1) is 11.1 Å². The summed E-state index contributed by atoms with van der Waals surface area (Å²) in [6.45, 7) is 3.71. The number of piperidine rings is 1. The molecule has 4 heterocycles. The number of benzene rings is 1. The van der Waals surface area contributed by atoms with Crippen LogP contribution in [0.3, 0.4) is 0 Å². The molecule has 0 saturated carbocycles. The number of likely N-dealkylation sites (tertiary alicyclic amines) is 1. The molecule has 210 valence electrons. The predicted molar refractivity (Wildman–Crippen MR) is 155 cm³/mol. The molecule has 1 spiro atoms. The van der Waals surface area contributed by atoms with E-state index in [0.717, 1.165) is 68.4 Å². The molecular formula is C31H32FN7O2. The van der Waals surface area contributed by atoms with Gasteiger partial charge in [-0.15, -0.1) is 0 Å². The van der Waals surface area contributed by atoms with Gasteiger partial charge in [-0.3, -0.25) is 4.79 Å². The Hall–Kier alpha value is -4.60. The van der Waals surface area contributed by atoms with Gasteiger partial charge in [-0.05, 0) is 79.9 Å². The summed E-state index contributed by atoms with van der Waals surface area (Å²) in [7, 11) is 1.97. The zero-order chi connectivity index (χ0) is 28.6. The Labute approximate surface area is 237 Å². The van der Waals surface area contributed by atoms with E-state index in [1.54, 1.807) is 24.4 Å². The minimum absolute atomic E-state index is 0.0403. The van der Waals surface area contributed by atoms with E-state index in [4.69, 9.17) is 10.5 Å². The van der Waals surface area contributed by atoms with Crippen LogP contribution in [-0.4, -0.2) is 48.8 Å². The Morgan fingerprint density at radius 1 is 1.12 bits per heavy atom. The van der Waals surface area contributed by atoms with E-state index >= 15 is 4.39 Å². The minimum atomic E-state index is -0.530. The molecule has 0 atom stereocenters. The van der Waals surface area contributed by atoms with Crippen molar-refractivity contribution in [1.82, 2.24) is 29.4 Å². The normalized spacial score (nSPS) is 16.9. The summed E-state index contributed by atoms with van der Waals surface area (Å²) in [4.78, 5) is 30.0. The first-order chi connectivity index (χ1) is 19.9. The number of rotatable bonds is 6. The molecule has 4 aromatic rings. The van der Waals surface area contributed by atoms with Gasteiger partial charge in [0.15, 0.2) is 11.6 Å². The molecule has 0 unspecified atom stereocenters. The highest BCUT2D eigenvalue weighted by Gasteiger charge is 2.36. The van der Waals surface area contributed by atoms with E-state index in [1.165, 1.54) is 18.0 Å². The third kappa shape index (κ3) is 5.05. The van der Waals surface area contributed by atoms with Crippen molar-refractivity contribution in [3.8, 4) is 22.9 Å². The fourth-order valence-corrected chi connectivity index (χ4v) is 6.16. The smallest absolute Gasteiger partial charge is 0.322 e. The highest BCUT2D eigenvalue weighted by atomic mass is 19.1. The molecule has 1 fully saturated rings. The van der Waals surface area contributed by atoms with E-state index in [-0.39, 0.29) is 17.2 Å². The van der Waals surface area contributed by atoms with Gasteiger partial charge in [0.25, 0.3) is 0 Å². The van der Waals surface area contributed by atoms with Crippen LogP contribution in [-0.2, 0) is 11.8 Å². The van der Waals surface area contributed by atoms with Crippen LogP contribution >= 0.6 is 0 Å². The van der Waals surface area contributed by atoms with Gasteiger partial charge in [0.2, 0.25) is 0 Å². The van der Waals surface area contributed by atoms with Crippen LogP contribution in [0, 0.1) is 18.2 Å². The molecule has 0 amide bonds. The lowest BCUT2D eigenvalue weighted by Crippen LogP contribution is -2.38. The fourth-order valence-electron chi connectivity index (χ4n) is 6.16. The van der Waals surface area contributed by atoms with Crippen LogP contribution in [0.2, 0.25) is 0 Å². The van der Waals surface area contributed by atoms with Gasteiger partial charge in [0.1, 0.15) is 24.1 Å². The van der Waals surface area contributed by atoms with Crippen LogP contribution in [0.5, 0.6) is 11.8 Å². The number of hydrogen-bond donors (Lipinski definition) is 1. The summed E-state index contributed by atoms with van der Waals surface area (Å²) in [5, 5.41) is 0.705. The molecule has 1 saturated heterocycles. The van der Waals surface area contributed by atoms with E-state index in [9.17, 15) is 4.79 Å². The largest absolute Gasteiger partial charge is 0.421 e. The second-order valence-electron chi connectivity index (χ2n) is 10.9. The second-order valence-corrected chi connectivity index (χ2v) is 10.9. The molecule has 2 aliphatic rings. The summed E-state index contributed by atoms with van der Waals surface area (Å²) in [6, 6.07) is 6.72. The first-order valence-electron chi connectivity index (χ1n) is 13.8. The van der Waals surface area contributed by atoms with E-state index in [0.29, 0.717) is 22.4 Å². The predicted octanol–water partition coefficient (Wildman–Crippen LogP) is 5.61. The van der Waals surface area contributed by atoms with Crippen LogP contribution in [0.4, 0.5) is 10.2 Å². The van der Waals surface area contributed by atoms with Crippen molar-refractivity contribution in [3.05, 3.63) is 72.3 Å². The van der Waals surface area contributed by atoms with Gasteiger partial charge in [-0.1, -0.05) is 12.1 Å². The molecule has 2 N–H and O–H groups in total. The summed E-state index contributed by atoms with van der Waals surface area (Å²) in [6.07, 6.45) is 14.7. The van der Waals surface area contributed by atoms with Gasteiger partial charge in [-0.25, -0.2) is 24.3 Å². The lowest BCUT2D eigenvalue weighted by atomic mass is 9.68. The monoisotopic (exact) mass is 553 g/mol. The number of anilines is 1. The van der Waals surface area contributed by atoms with E-state index in [1.807, 2.05) is 30.8 Å². The topological polar surface area (TPSA) is 112 Å². The lowest BCUT2D eigenvalue weighted by molar-refractivity contribution is -0.104. The van der Waals surface area contributed by atoms with Crippen molar-refractivity contribution >= 4 is 28.7 Å². The third-order valence-corrected chi connectivity index (χ3v) is 8.44.